The molecule has 3 aromatic rings. The summed E-state index contributed by atoms with van der Waals surface area (Å²) >= 11 is 0. The smallest absolute Gasteiger partial charge is 0.378 e. The van der Waals surface area contributed by atoms with E-state index in [0.717, 1.165) is 6.07 Å². The lowest BCUT2D eigenvalue weighted by atomic mass is 10.1. The van der Waals surface area contributed by atoms with Gasteiger partial charge in [-0.05, 0) is 36.4 Å². The highest BCUT2D eigenvalue weighted by molar-refractivity contribution is 5.94. The molecule has 1 fully saturated rings. The van der Waals surface area contributed by atoms with Crippen molar-refractivity contribution in [1.82, 2.24) is 15.3 Å². The van der Waals surface area contributed by atoms with Crippen LogP contribution in [0.3, 0.4) is 0 Å². The van der Waals surface area contributed by atoms with E-state index in [1.807, 2.05) is 0 Å². The molecule has 2 heterocycles. The minimum Gasteiger partial charge on any atom is -0.378 e. The maximum atomic E-state index is 13.8. The van der Waals surface area contributed by atoms with E-state index in [4.69, 9.17) is 10.5 Å². The van der Waals surface area contributed by atoms with E-state index >= 15 is 0 Å². The topological polar surface area (TPSA) is 105 Å². The number of amides is 1. The number of hydrogen-bond acceptors (Lipinski definition) is 7. The van der Waals surface area contributed by atoms with Gasteiger partial charge in [-0.3, -0.25) is 4.79 Å². The van der Waals surface area contributed by atoms with Crippen molar-refractivity contribution in [2.45, 2.75) is 6.18 Å². The van der Waals surface area contributed by atoms with E-state index in [1.54, 1.807) is 41.3 Å². The van der Waals surface area contributed by atoms with E-state index in [2.05, 4.69) is 20.6 Å². The SMILES string of the molecule is NCNC(=O)c1ccc(-c2ccnc(Nc3ccc(N4CCOCC4)c(C(F)(F)F)c3)n2)cc1. The number of halogens is 3. The summed E-state index contributed by atoms with van der Waals surface area (Å²) in [6, 6.07) is 12.5. The number of carbonyl (C=O) groups excluding carboxylic acids is 1. The van der Waals surface area contributed by atoms with Crippen LogP contribution in [0.25, 0.3) is 11.3 Å². The molecule has 0 radical (unpaired) electrons. The standard InChI is InChI=1S/C23H23F3N6O2/c24-23(25,26)18-13-17(5-6-20(18)32-9-11-34-12-10-32)30-22-28-8-7-19(31-22)15-1-3-16(4-2-15)21(33)29-14-27/h1-8,13H,9-12,14,27H2,(H,29,33)(H,28,30,31). The summed E-state index contributed by atoms with van der Waals surface area (Å²) in [7, 11) is 0. The van der Waals surface area contributed by atoms with Crippen molar-refractivity contribution < 1.29 is 22.7 Å². The molecule has 34 heavy (non-hydrogen) atoms. The molecule has 1 aliphatic rings. The second kappa shape index (κ2) is 10.1. The van der Waals surface area contributed by atoms with Crippen molar-refractivity contribution in [3.8, 4) is 11.3 Å². The number of ether oxygens (including phenoxy) is 1. The Morgan fingerprint density at radius 2 is 1.82 bits per heavy atom. The molecule has 0 saturated carbocycles. The number of morpholine rings is 1. The Balaban J connectivity index is 1.56. The first kappa shape index (κ1) is 23.5. The van der Waals surface area contributed by atoms with Crippen molar-refractivity contribution >= 4 is 23.2 Å². The van der Waals surface area contributed by atoms with Gasteiger partial charge in [-0.2, -0.15) is 13.2 Å². The van der Waals surface area contributed by atoms with Crippen LogP contribution in [0.1, 0.15) is 15.9 Å². The predicted molar refractivity (Wildman–Crippen MR) is 122 cm³/mol. The fourth-order valence-electron chi connectivity index (χ4n) is 3.62. The van der Waals surface area contributed by atoms with Gasteiger partial charge in [0.2, 0.25) is 5.95 Å². The lowest BCUT2D eigenvalue weighted by Gasteiger charge is -2.31. The van der Waals surface area contributed by atoms with E-state index in [1.165, 1.54) is 12.3 Å². The lowest BCUT2D eigenvalue weighted by Crippen LogP contribution is -2.37. The van der Waals surface area contributed by atoms with Gasteiger partial charge in [0.1, 0.15) is 0 Å². The zero-order valence-electron chi connectivity index (χ0n) is 18.1. The molecule has 4 rings (SSSR count). The van der Waals surface area contributed by atoms with Crippen LogP contribution in [-0.2, 0) is 10.9 Å². The third-order valence-electron chi connectivity index (χ3n) is 5.27. The van der Waals surface area contributed by atoms with E-state index in [0.29, 0.717) is 43.1 Å². The summed E-state index contributed by atoms with van der Waals surface area (Å²) in [5.41, 5.74) is 6.63. The highest BCUT2D eigenvalue weighted by Gasteiger charge is 2.35. The number of benzene rings is 2. The van der Waals surface area contributed by atoms with Gasteiger partial charge in [0.05, 0.1) is 31.1 Å². The summed E-state index contributed by atoms with van der Waals surface area (Å²) in [6.45, 7) is 1.60. The van der Waals surface area contributed by atoms with Gasteiger partial charge in [0.25, 0.3) is 5.91 Å². The van der Waals surface area contributed by atoms with Crippen LogP contribution in [0.2, 0.25) is 0 Å². The first-order valence-electron chi connectivity index (χ1n) is 10.6. The number of nitrogens with two attached hydrogens (primary N) is 1. The van der Waals surface area contributed by atoms with Crippen LogP contribution in [0.15, 0.2) is 54.7 Å². The van der Waals surface area contributed by atoms with Crippen LogP contribution in [0.5, 0.6) is 0 Å². The van der Waals surface area contributed by atoms with Gasteiger partial charge in [-0.1, -0.05) is 12.1 Å². The highest BCUT2D eigenvalue weighted by atomic mass is 19.4. The number of nitrogens with one attached hydrogen (secondary N) is 2. The van der Waals surface area contributed by atoms with Crippen LogP contribution >= 0.6 is 0 Å². The fourth-order valence-corrected chi connectivity index (χ4v) is 3.62. The second-order valence-electron chi connectivity index (χ2n) is 7.51. The Bertz CT molecular complexity index is 1150. The Morgan fingerprint density at radius 1 is 1.09 bits per heavy atom. The lowest BCUT2D eigenvalue weighted by molar-refractivity contribution is -0.137. The number of nitrogens with zero attached hydrogens (tertiary/aromatic N) is 3. The Morgan fingerprint density at radius 3 is 2.50 bits per heavy atom. The molecule has 1 aliphatic heterocycles. The molecule has 0 aliphatic carbocycles. The van der Waals surface area contributed by atoms with Gasteiger partial charge in [0.15, 0.2) is 0 Å². The minimum atomic E-state index is -4.52. The Kier molecular flexibility index (Phi) is 6.94. The third-order valence-corrected chi connectivity index (χ3v) is 5.27. The zero-order valence-corrected chi connectivity index (χ0v) is 18.1. The highest BCUT2D eigenvalue weighted by Crippen LogP contribution is 2.39. The van der Waals surface area contributed by atoms with Gasteiger partial charge in [-0.25, -0.2) is 9.97 Å². The van der Waals surface area contributed by atoms with Gasteiger partial charge >= 0.3 is 6.18 Å². The van der Waals surface area contributed by atoms with Crippen LogP contribution < -0.4 is 21.3 Å². The molecular weight excluding hydrogens is 449 g/mol. The molecule has 1 amide bonds. The van der Waals surface area contributed by atoms with Gasteiger partial charge in [0, 0.05) is 41.8 Å². The molecule has 0 unspecified atom stereocenters. The number of alkyl halides is 3. The monoisotopic (exact) mass is 472 g/mol. The van der Waals surface area contributed by atoms with Crippen molar-refractivity contribution in [3.05, 3.63) is 65.9 Å². The van der Waals surface area contributed by atoms with E-state index in [9.17, 15) is 18.0 Å². The molecular formula is C23H23F3N6O2. The number of aromatic nitrogens is 2. The van der Waals surface area contributed by atoms with Gasteiger partial charge in [-0.15, -0.1) is 0 Å². The van der Waals surface area contributed by atoms with Crippen LogP contribution in [0.4, 0.5) is 30.5 Å². The average molecular weight is 472 g/mol. The second-order valence-corrected chi connectivity index (χ2v) is 7.51. The molecule has 8 nitrogen and oxygen atoms in total. The summed E-state index contributed by atoms with van der Waals surface area (Å²) in [4.78, 5) is 22.1. The molecule has 0 bridgehead atoms. The number of anilines is 3. The summed E-state index contributed by atoms with van der Waals surface area (Å²) in [5.74, 6) is -0.144. The molecule has 4 N–H and O–H groups in total. The van der Waals surface area contributed by atoms with Gasteiger partial charge < -0.3 is 26.0 Å². The number of hydrogen-bond donors (Lipinski definition) is 3. The van der Waals surface area contributed by atoms with Crippen LogP contribution in [-0.4, -0.2) is 48.8 Å². The summed E-state index contributed by atoms with van der Waals surface area (Å²) in [5, 5.41) is 5.37. The predicted octanol–water partition coefficient (Wildman–Crippen LogP) is 3.39. The third kappa shape index (κ3) is 5.43. The molecule has 11 heteroatoms. The molecule has 1 saturated heterocycles. The van der Waals surface area contributed by atoms with Crippen molar-refractivity contribution in [1.29, 1.82) is 0 Å². The summed E-state index contributed by atoms with van der Waals surface area (Å²) < 4.78 is 46.6. The molecule has 1 aromatic heterocycles. The molecule has 0 spiro atoms. The Labute approximate surface area is 194 Å². The van der Waals surface area contributed by atoms with E-state index in [-0.39, 0.29) is 29.9 Å². The maximum absolute atomic E-state index is 13.8. The van der Waals surface area contributed by atoms with Crippen molar-refractivity contribution in [3.63, 3.8) is 0 Å². The number of rotatable bonds is 6. The van der Waals surface area contributed by atoms with Crippen molar-refractivity contribution in [2.24, 2.45) is 5.73 Å². The summed E-state index contributed by atoms with van der Waals surface area (Å²) in [6.07, 6.45) is -3.02. The molecule has 178 valence electrons. The molecule has 0 atom stereocenters. The first-order valence-corrected chi connectivity index (χ1v) is 10.6. The average Bonchev–Trinajstić information content (AvgIpc) is 2.84. The Hall–Kier alpha value is -3.70. The first-order chi connectivity index (χ1) is 16.3. The molecule has 2 aromatic carbocycles. The number of carbonyl (C=O) groups is 1. The maximum Gasteiger partial charge on any atom is 0.418 e. The van der Waals surface area contributed by atoms with Crippen LogP contribution in [0, 0.1) is 0 Å². The normalized spacial score (nSPS) is 14.1. The minimum absolute atomic E-state index is 0.0327. The van der Waals surface area contributed by atoms with E-state index < -0.39 is 11.7 Å². The fraction of sp³-hybridized carbons (Fsp3) is 0.261. The largest absolute Gasteiger partial charge is 0.418 e. The quantitative estimate of drug-likeness (QED) is 0.473. The van der Waals surface area contributed by atoms with Crippen molar-refractivity contribution in [2.75, 3.05) is 43.2 Å². The zero-order chi connectivity index (χ0) is 24.1.